The minimum atomic E-state index is -0.268. The van der Waals surface area contributed by atoms with Crippen molar-refractivity contribution in [3.63, 3.8) is 0 Å². The number of benzene rings is 2. The van der Waals surface area contributed by atoms with Gasteiger partial charge in [0.2, 0.25) is 0 Å². The van der Waals surface area contributed by atoms with Crippen LogP contribution in [0, 0.1) is 6.92 Å². The van der Waals surface area contributed by atoms with Crippen molar-refractivity contribution in [2.24, 2.45) is 0 Å². The minimum absolute atomic E-state index is 0.238. The summed E-state index contributed by atoms with van der Waals surface area (Å²) in [6, 6.07) is 15.7. The summed E-state index contributed by atoms with van der Waals surface area (Å²) in [4.78, 5) is 16.1. The van der Waals surface area contributed by atoms with Gasteiger partial charge in [-0.2, -0.15) is 0 Å². The highest BCUT2D eigenvalue weighted by atomic mass is 79.9. The fourth-order valence-electron chi connectivity index (χ4n) is 2.35. The van der Waals surface area contributed by atoms with E-state index in [1.54, 1.807) is 6.20 Å². The molecule has 1 aromatic heterocycles. The summed E-state index contributed by atoms with van der Waals surface area (Å²) in [6.45, 7) is 2.30. The number of aromatic nitrogens is 1. The maximum atomic E-state index is 11.9. The molecule has 0 bridgehead atoms. The second-order valence-corrected chi connectivity index (χ2v) is 6.69. The first kappa shape index (κ1) is 17.4. The molecule has 2 aromatic carbocycles. The van der Waals surface area contributed by atoms with Gasteiger partial charge < -0.3 is 9.15 Å². The molecule has 0 radical (unpaired) electrons. The highest BCUT2D eigenvalue weighted by Crippen LogP contribution is 2.21. The molecule has 0 saturated carbocycles. The van der Waals surface area contributed by atoms with Crippen molar-refractivity contribution in [2.45, 2.75) is 26.4 Å². The predicted molar refractivity (Wildman–Crippen MR) is 98.9 cm³/mol. The van der Waals surface area contributed by atoms with E-state index < -0.39 is 0 Å². The number of carbonyl (C=O) groups excluding carboxylic acids is 1. The Bertz CT molecular complexity index is 855. The van der Waals surface area contributed by atoms with Crippen LogP contribution in [0.15, 0.2) is 63.6 Å². The molecule has 0 spiro atoms. The topological polar surface area (TPSA) is 52.3 Å². The van der Waals surface area contributed by atoms with Crippen LogP contribution in [-0.2, 0) is 22.6 Å². The van der Waals surface area contributed by atoms with E-state index in [2.05, 4.69) is 20.9 Å². The Morgan fingerprint density at radius 3 is 2.76 bits per heavy atom. The summed E-state index contributed by atoms with van der Waals surface area (Å²) in [5.41, 5.74) is 3.11. The van der Waals surface area contributed by atoms with Gasteiger partial charge in [0.05, 0.1) is 12.6 Å². The third-order valence-corrected chi connectivity index (χ3v) is 4.21. The fraction of sp³-hybridized carbons (Fsp3) is 0.200. The molecule has 3 rings (SSSR count). The van der Waals surface area contributed by atoms with Crippen molar-refractivity contribution >= 4 is 21.9 Å². The first-order valence-corrected chi connectivity index (χ1v) is 8.81. The van der Waals surface area contributed by atoms with Crippen molar-refractivity contribution in [2.75, 3.05) is 0 Å². The van der Waals surface area contributed by atoms with E-state index in [0.29, 0.717) is 18.1 Å². The van der Waals surface area contributed by atoms with Crippen molar-refractivity contribution in [3.05, 3.63) is 76.2 Å². The molecule has 0 amide bonds. The summed E-state index contributed by atoms with van der Waals surface area (Å²) in [7, 11) is 0. The van der Waals surface area contributed by atoms with E-state index in [1.165, 1.54) is 5.56 Å². The van der Waals surface area contributed by atoms with E-state index >= 15 is 0 Å². The molecule has 0 N–H and O–H groups in total. The normalized spacial score (nSPS) is 10.6. The van der Waals surface area contributed by atoms with Crippen LogP contribution < -0.4 is 0 Å². The Morgan fingerprint density at radius 2 is 2.00 bits per heavy atom. The molecule has 3 aromatic rings. The molecule has 0 fully saturated rings. The number of halogens is 1. The number of rotatable bonds is 6. The Kier molecular flexibility index (Phi) is 5.66. The molecule has 0 aliphatic heterocycles. The Balaban J connectivity index is 1.50. The number of nitrogens with zero attached hydrogens (tertiary/aromatic N) is 1. The summed E-state index contributed by atoms with van der Waals surface area (Å²) < 4.78 is 12.0. The summed E-state index contributed by atoms with van der Waals surface area (Å²) in [5.74, 6) is 0.975. The lowest BCUT2D eigenvalue weighted by molar-refractivity contribution is -0.145. The van der Waals surface area contributed by atoms with Gasteiger partial charge in [-0.15, -0.1) is 0 Å². The molecule has 25 heavy (non-hydrogen) atoms. The summed E-state index contributed by atoms with van der Waals surface area (Å²) >= 11 is 3.39. The maximum absolute atomic E-state index is 11.9. The number of oxazole rings is 1. The molecule has 1 heterocycles. The van der Waals surface area contributed by atoms with Crippen LogP contribution in [0.1, 0.15) is 23.4 Å². The molecular formula is C20H18BrNO3. The first-order chi connectivity index (χ1) is 12.1. The molecule has 0 atom stereocenters. The molecule has 0 saturated heterocycles. The number of esters is 1. The number of ether oxygens (including phenoxy) is 1. The highest BCUT2D eigenvalue weighted by Gasteiger charge is 2.10. The van der Waals surface area contributed by atoms with Gasteiger partial charge in [-0.05, 0) is 24.6 Å². The van der Waals surface area contributed by atoms with Gasteiger partial charge in [-0.1, -0.05) is 57.9 Å². The van der Waals surface area contributed by atoms with Crippen LogP contribution in [0.3, 0.4) is 0 Å². The lowest BCUT2D eigenvalue weighted by atomic mass is 10.1. The molecule has 5 heteroatoms. The van der Waals surface area contributed by atoms with Crippen molar-refractivity contribution in [1.82, 2.24) is 4.98 Å². The van der Waals surface area contributed by atoms with E-state index in [9.17, 15) is 4.79 Å². The van der Waals surface area contributed by atoms with Crippen LogP contribution in [-0.4, -0.2) is 11.0 Å². The zero-order chi connectivity index (χ0) is 17.6. The number of hydrogen-bond acceptors (Lipinski definition) is 4. The van der Waals surface area contributed by atoms with E-state index in [1.807, 2.05) is 55.5 Å². The van der Waals surface area contributed by atoms with Crippen LogP contribution >= 0.6 is 15.9 Å². The monoisotopic (exact) mass is 399 g/mol. The highest BCUT2D eigenvalue weighted by molar-refractivity contribution is 9.10. The molecule has 128 valence electrons. The van der Waals surface area contributed by atoms with Crippen molar-refractivity contribution in [3.8, 4) is 11.3 Å². The average molecular weight is 400 g/mol. The smallest absolute Gasteiger partial charge is 0.306 e. The van der Waals surface area contributed by atoms with Gasteiger partial charge in [0.15, 0.2) is 11.7 Å². The molecule has 0 aliphatic carbocycles. The predicted octanol–water partition coefficient (Wildman–Crippen LogP) is 5.09. The second kappa shape index (κ2) is 8.12. The zero-order valence-corrected chi connectivity index (χ0v) is 15.5. The number of aryl methyl sites for hydroxylation is 2. The van der Waals surface area contributed by atoms with E-state index in [0.717, 1.165) is 15.6 Å². The number of carbonyl (C=O) groups is 1. The van der Waals surface area contributed by atoms with Crippen LogP contribution in [0.5, 0.6) is 0 Å². The molecule has 0 aliphatic rings. The quantitative estimate of drug-likeness (QED) is 0.541. The van der Waals surface area contributed by atoms with Gasteiger partial charge >= 0.3 is 5.97 Å². The first-order valence-electron chi connectivity index (χ1n) is 8.02. The average Bonchev–Trinajstić information content (AvgIpc) is 3.08. The minimum Gasteiger partial charge on any atom is -0.461 e. The number of hydrogen-bond donors (Lipinski definition) is 0. The van der Waals surface area contributed by atoms with Crippen molar-refractivity contribution < 1.29 is 13.9 Å². The fourth-order valence-corrected chi connectivity index (χ4v) is 2.80. The summed E-state index contributed by atoms with van der Waals surface area (Å²) in [6.07, 6.45) is 2.35. The largest absolute Gasteiger partial charge is 0.461 e. The Hall–Kier alpha value is -2.40. The second-order valence-electron chi connectivity index (χ2n) is 5.77. The lowest BCUT2D eigenvalue weighted by Gasteiger charge is -2.04. The van der Waals surface area contributed by atoms with E-state index in [4.69, 9.17) is 9.15 Å². The third kappa shape index (κ3) is 5.03. The lowest BCUT2D eigenvalue weighted by Crippen LogP contribution is -2.06. The standard InChI is InChI=1S/C20H18BrNO3/c1-14-5-7-16(8-6-14)18-12-22-19(25-18)9-10-20(23)24-13-15-3-2-4-17(21)11-15/h2-8,11-12H,9-10,13H2,1H3. The van der Waals surface area contributed by atoms with Crippen LogP contribution in [0.2, 0.25) is 0 Å². The molecule has 4 nitrogen and oxygen atoms in total. The van der Waals surface area contributed by atoms with Gasteiger partial charge in [0, 0.05) is 16.5 Å². The van der Waals surface area contributed by atoms with Gasteiger partial charge in [0.1, 0.15) is 6.61 Å². The van der Waals surface area contributed by atoms with Crippen LogP contribution in [0.25, 0.3) is 11.3 Å². The maximum Gasteiger partial charge on any atom is 0.306 e. The van der Waals surface area contributed by atoms with E-state index in [-0.39, 0.29) is 19.0 Å². The van der Waals surface area contributed by atoms with Gasteiger partial charge in [-0.25, -0.2) is 4.98 Å². The van der Waals surface area contributed by atoms with Crippen molar-refractivity contribution in [1.29, 1.82) is 0 Å². The summed E-state index contributed by atoms with van der Waals surface area (Å²) in [5, 5.41) is 0. The van der Waals surface area contributed by atoms with Crippen LogP contribution in [0.4, 0.5) is 0 Å². The Morgan fingerprint density at radius 1 is 1.20 bits per heavy atom. The SMILES string of the molecule is Cc1ccc(-c2cnc(CCC(=O)OCc3cccc(Br)c3)o2)cc1. The Labute approximate surface area is 155 Å². The zero-order valence-electron chi connectivity index (χ0n) is 13.9. The van der Waals surface area contributed by atoms with Gasteiger partial charge in [0.25, 0.3) is 0 Å². The molecular weight excluding hydrogens is 382 g/mol. The van der Waals surface area contributed by atoms with Gasteiger partial charge in [-0.3, -0.25) is 4.79 Å². The molecule has 0 unspecified atom stereocenters. The third-order valence-electron chi connectivity index (χ3n) is 3.72.